The molecule has 0 bridgehead atoms. The van der Waals surface area contributed by atoms with Crippen LogP contribution in [0.2, 0.25) is 0 Å². The van der Waals surface area contributed by atoms with Crippen molar-refractivity contribution in [1.29, 1.82) is 0 Å². The Hall–Kier alpha value is -0.590. The van der Waals surface area contributed by atoms with Gasteiger partial charge < -0.3 is 0 Å². The molecule has 7 heteroatoms. The van der Waals surface area contributed by atoms with Crippen molar-refractivity contribution in [2.75, 3.05) is 0 Å². The molecule has 0 radical (unpaired) electrons. The molecule has 88 valence electrons. The van der Waals surface area contributed by atoms with Crippen molar-refractivity contribution >= 4 is 29.6 Å². The van der Waals surface area contributed by atoms with Crippen LogP contribution < -0.4 is 0 Å². The second-order valence-corrected chi connectivity index (χ2v) is 8.58. The highest BCUT2D eigenvalue weighted by Gasteiger charge is 2.38. The van der Waals surface area contributed by atoms with Crippen molar-refractivity contribution < 1.29 is 16.8 Å². The third-order valence-corrected chi connectivity index (χ3v) is 6.42. The molecule has 1 aromatic carbocycles. The first-order chi connectivity index (χ1) is 7.24. The molecule has 0 N–H and O–H groups in total. The number of halogens is 1. The van der Waals surface area contributed by atoms with E-state index >= 15 is 0 Å². The molecule has 1 heterocycles. The van der Waals surface area contributed by atoms with Crippen molar-refractivity contribution in [2.45, 2.75) is 28.4 Å². The Morgan fingerprint density at radius 1 is 1.38 bits per heavy atom. The predicted octanol–water partition coefficient (Wildman–Crippen LogP) is 1.33. The van der Waals surface area contributed by atoms with E-state index in [-0.39, 0.29) is 9.79 Å². The highest BCUT2D eigenvalue weighted by Crippen LogP contribution is 2.36. The SMILES string of the molecule is CC1Cc2cccc(S(=O)(=O)Cl)c2S1(=O)=O. The van der Waals surface area contributed by atoms with Crippen LogP contribution in [-0.2, 0) is 25.3 Å². The lowest BCUT2D eigenvalue weighted by Crippen LogP contribution is -2.13. The molecule has 16 heavy (non-hydrogen) atoms. The molecule has 1 unspecified atom stereocenters. The minimum atomic E-state index is -4.03. The van der Waals surface area contributed by atoms with Crippen molar-refractivity contribution in [3.63, 3.8) is 0 Å². The van der Waals surface area contributed by atoms with Crippen LogP contribution in [0.3, 0.4) is 0 Å². The van der Waals surface area contributed by atoms with E-state index in [9.17, 15) is 16.8 Å². The van der Waals surface area contributed by atoms with Crippen LogP contribution in [0.25, 0.3) is 0 Å². The fraction of sp³-hybridized carbons (Fsp3) is 0.333. The number of sulfone groups is 1. The first-order valence-electron chi connectivity index (χ1n) is 4.55. The van der Waals surface area contributed by atoms with E-state index in [0.717, 1.165) is 0 Å². The Kier molecular flexibility index (Phi) is 2.56. The fourth-order valence-electron chi connectivity index (χ4n) is 1.86. The van der Waals surface area contributed by atoms with Crippen LogP contribution in [-0.4, -0.2) is 22.1 Å². The van der Waals surface area contributed by atoms with Gasteiger partial charge in [-0.15, -0.1) is 0 Å². The van der Waals surface area contributed by atoms with Crippen LogP contribution >= 0.6 is 10.7 Å². The van der Waals surface area contributed by atoms with E-state index in [2.05, 4.69) is 0 Å². The zero-order chi connectivity index (χ0) is 12.1. The van der Waals surface area contributed by atoms with Crippen molar-refractivity contribution in [3.8, 4) is 0 Å². The van der Waals surface area contributed by atoms with Gasteiger partial charge in [-0.25, -0.2) is 16.8 Å². The molecule has 4 nitrogen and oxygen atoms in total. The van der Waals surface area contributed by atoms with E-state index in [0.29, 0.717) is 12.0 Å². The molecule has 0 saturated carbocycles. The Morgan fingerprint density at radius 2 is 2.00 bits per heavy atom. The van der Waals surface area contributed by atoms with E-state index in [4.69, 9.17) is 10.7 Å². The van der Waals surface area contributed by atoms with E-state index in [1.165, 1.54) is 12.1 Å². The van der Waals surface area contributed by atoms with Gasteiger partial charge >= 0.3 is 0 Å². The van der Waals surface area contributed by atoms with Crippen molar-refractivity contribution in [2.24, 2.45) is 0 Å². The van der Waals surface area contributed by atoms with Gasteiger partial charge in [-0.05, 0) is 25.0 Å². The van der Waals surface area contributed by atoms with E-state index in [1.807, 2.05) is 0 Å². The Morgan fingerprint density at radius 3 is 2.56 bits per heavy atom. The average molecular weight is 281 g/mol. The molecule has 1 aliphatic heterocycles. The highest BCUT2D eigenvalue weighted by molar-refractivity contribution is 8.14. The number of hydrogen-bond donors (Lipinski definition) is 0. The van der Waals surface area contributed by atoms with Crippen molar-refractivity contribution in [1.82, 2.24) is 0 Å². The summed E-state index contributed by atoms with van der Waals surface area (Å²) in [4.78, 5) is -0.437. The summed E-state index contributed by atoms with van der Waals surface area (Å²) in [7, 11) is -2.37. The summed E-state index contributed by atoms with van der Waals surface area (Å²) in [6.45, 7) is 1.56. The number of hydrogen-bond acceptors (Lipinski definition) is 4. The Balaban J connectivity index is 2.88. The maximum Gasteiger partial charge on any atom is 0.262 e. The molecular formula is C9H9ClO4S2. The van der Waals surface area contributed by atoms with Gasteiger partial charge in [0.2, 0.25) is 0 Å². The molecule has 0 fully saturated rings. The molecule has 1 aliphatic rings. The number of rotatable bonds is 1. The Bertz CT molecular complexity index is 646. The topological polar surface area (TPSA) is 68.3 Å². The van der Waals surface area contributed by atoms with Crippen LogP contribution in [0.5, 0.6) is 0 Å². The third kappa shape index (κ3) is 1.65. The third-order valence-electron chi connectivity index (χ3n) is 2.64. The molecule has 0 saturated heterocycles. The van der Waals surface area contributed by atoms with Gasteiger partial charge in [0.1, 0.15) is 4.90 Å². The predicted molar refractivity (Wildman–Crippen MR) is 59.8 cm³/mol. The molecule has 0 aliphatic carbocycles. The van der Waals surface area contributed by atoms with Gasteiger partial charge in [-0.1, -0.05) is 12.1 Å². The summed E-state index contributed by atoms with van der Waals surface area (Å²) < 4.78 is 46.4. The molecule has 1 aromatic rings. The molecule has 1 atom stereocenters. The lowest BCUT2D eigenvalue weighted by molar-refractivity contribution is 0.585. The normalized spacial score (nSPS) is 23.0. The quantitative estimate of drug-likeness (QED) is 0.728. The smallest absolute Gasteiger partial charge is 0.223 e. The standard InChI is InChI=1S/C9H9ClO4S2/c1-6-5-7-3-2-4-8(16(10,13)14)9(7)15(6,11)12/h2-4,6H,5H2,1H3. The van der Waals surface area contributed by atoms with Gasteiger partial charge in [0, 0.05) is 10.7 Å². The summed E-state index contributed by atoms with van der Waals surface area (Å²) in [5, 5.41) is -0.595. The maximum atomic E-state index is 11.9. The van der Waals surface area contributed by atoms with Gasteiger partial charge in [-0.2, -0.15) is 0 Å². The highest BCUT2D eigenvalue weighted by atomic mass is 35.7. The minimum Gasteiger partial charge on any atom is -0.223 e. The average Bonchev–Trinajstić information content (AvgIpc) is 2.37. The van der Waals surface area contributed by atoms with E-state index < -0.39 is 24.1 Å². The van der Waals surface area contributed by atoms with Crippen LogP contribution in [0.1, 0.15) is 12.5 Å². The molecule has 0 aromatic heterocycles. The molecule has 0 spiro atoms. The summed E-state index contributed by atoms with van der Waals surface area (Å²) in [6, 6.07) is 4.33. The zero-order valence-corrected chi connectivity index (χ0v) is 10.7. The zero-order valence-electron chi connectivity index (χ0n) is 8.34. The van der Waals surface area contributed by atoms with E-state index in [1.54, 1.807) is 13.0 Å². The monoisotopic (exact) mass is 280 g/mol. The van der Waals surface area contributed by atoms with Gasteiger partial charge in [0.15, 0.2) is 9.84 Å². The summed E-state index contributed by atoms with van der Waals surface area (Å²) >= 11 is 0. The number of fused-ring (bicyclic) bond motifs is 1. The van der Waals surface area contributed by atoms with Crippen molar-refractivity contribution in [3.05, 3.63) is 23.8 Å². The summed E-state index contributed by atoms with van der Waals surface area (Å²) in [5.41, 5.74) is 0.522. The number of benzene rings is 1. The minimum absolute atomic E-state index is 0.127. The largest absolute Gasteiger partial charge is 0.262 e. The second-order valence-electron chi connectivity index (χ2n) is 3.74. The van der Waals surface area contributed by atoms with Gasteiger partial charge in [-0.3, -0.25) is 0 Å². The molecule has 0 amide bonds. The molecule has 2 rings (SSSR count). The summed E-state index contributed by atoms with van der Waals surface area (Å²) in [5.74, 6) is 0. The van der Waals surface area contributed by atoms with Crippen LogP contribution in [0.15, 0.2) is 28.0 Å². The maximum absolute atomic E-state index is 11.9. The fourth-order valence-corrected chi connectivity index (χ4v) is 5.32. The second kappa shape index (κ2) is 3.45. The van der Waals surface area contributed by atoms with Crippen LogP contribution in [0, 0.1) is 0 Å². The lowest BCUT2D eigenvalue weighted by Gasteiger charge is -2.05. The van der Waals surface area contributed by atoms with Gasteiger partial charge in [0.05, 0.1) is 10.1 Å². The first-order valence-corrected chi connectivity index (χ1v) is 8.40. The first kappa shape index (κ1) is 11.9. The Labute approximate surface area is 98.6 Å². The van der Waals surface area contributed by atoms with Crippen LogP contribution in [0.4, 0.5) is 0 Å². The molecular weight excluding hydrogens is 272 g/mol. The van der Waals surface area contributed by atoms with Gasteiger partial charge in [0.25, 0.3) is 9.05 Å². The lowest BCUT2D eigenvalue weighted by atomic mass is 10.1. The summed E-state index contributed by atoms with van der Waals surface area (Å²) in [6.07, 6.45) is 0.331.